The summed E-state index contributed by atoms with van der Waals surface area (Å²) in [7, 11) is -0.0893. The number of sulfonamides is 1. The summed E-state index contributed by atoms with van der Waals surface area (Å²) in [6.45, 7) is 2.85. The van der Waals surface area contributed by atoms with Crippen molar-refractivity contribution in [3.05, 3.63) is 54.6 Å². The van der Waals surface area contributed by atoms with Crippen molar-refractivity contribution in [2.75, 3.05) is 30.9 Å². The Kier molecular flexibility index (Phi) is 7.96. The van der Waals surface area contributed by atoms with Crippen LogP contribution in [0.3, 0.4) is 0 Å². The van der Waals surface area contributed by atoms with Gasteiger partial charge in [-0.1, -0.05) is 32.0 Å². The molecule has 0 aliphatic carbocycles. The first-order chi connectivity index (χ1) is 14.1. The molecule has 9 heteroatoms. The monoisotopic (exact) mass is 433 g/mol. The molecule has 1 amide bonds. The van der Waals surface area contributed by atoms with Crippen LogP contribution in [0.25, 0.3) is 0 Å². The van der Waals surface area contributed by atoms with Crippen LogP contribution in [0.2, 0.25) is 0 Å². The molecule has 0 aliphatic rings. The highest BCUT2D eigenvalue weighted by molar-refractivity contribution is 7.89. The van der Waals surface area contributed by atoms with Crippen molar-refractivity contribution >= 4 is 33.3 Å². The molecule has 0 aliphatic heterocycles. The van der Waals surface area contributed by atoms with E-state index in [4.69, 9.17) is 4.74 Å². The third kappa shape index (κ3) is 6.57. The molecule has 2 rings (SSSR count). The zero-order chi connectivity index (χ0) is 22.3. The minimum Gasteiger partial charge on any atom is -0.454 e. The molecule has 30 heavy (non-hydrogen) atoms. The number of nitrogens with one attached hydrogen (secondary N) is 2. The first-order valence-corrected chi connectivity index (χ1v) is 10.9. The molecule has 0 spiro atoms. The van der Waals surface area contributed by atoms with Crippen LogP contribution in [0.4, 0.5) is 11.4 Å². The van der Waals surface area contributed by atoms with E-state index in [9.17, 15) is 18.0 Å². The first kappa shape index (κ1) is 23.4. The van der Waals surface area contributed by atoms with E-state index in [1.165, 1.54) is 12.1 Å². The predicted molar refractivity (Wildman–Crippen MR) is 116 cm³/mol. The summed E-state index contributed by atoms with van der Waals surface area (Å²) in [4.78, 5) is 26.5. The lowest BCUT2D eigenvalue weighted by Gasteiger charge is -2.20. The molecule has 2 aromatic carbocycles. The van der Waals surface area contributed by atoms with Crippen LogP contribution in [-0.4, -0.2) is 47.0 Å². The van der Waals surface area contributed by atoms with E-state index >= 15 is 0 Å². The van der Waals surface area contributed by atoms with Gasteiger partial charge in [0.1, 0.15) is 6.04 Å². The summed E-state index contributed by atoms with van der Waals surface area (Å²) >= 11 is 0. The summed E-state index contributed by atoms with van der Waals surface area (Å²) in [5.41, 5.74) is 1.54. The topological polar surface area (TPSA) is 105 Å². The maximum absolute atomic E-state index is 12.5. The van der Waals surface area contributed by atoms with Gasteiger partial charge in [0.25, 0.3) is 5.91 Å². The molecular weight excluding hydrogens is 406 g/mol. The van der Waals surface area contributed by atoms with Crippen molar-refractivity contribution in [2.45, 2.75) is 24.8 Å². The number of carbonyl (C=O) groups is 2. The number of hydrogen-bond donors (Lipinski definition) is 2. The van der Waals surface area contributed by atoms with Gasteiger partial charge in [0.15, 0.2) is 6.61 Å². The molecule has 0 fully saturated rings. The van der Waals surface area contributed by atoms with Crippen molar-refractivity contribution in [3.63, 3.8) is 0 Å². The average molecular weight is 434 g/mol. The molecule has 0 heterocycles. The molecule has 1 atom stereocenters. The molecule has 162 valence electrons. The smallest absolute Gasteiger partial charge is 0.324 e. The molecule has 0 radical (unpaired) electrons. The Labute approximate surface area is 177 Å². The number of benzene rings is 2. The second-order valence-corrected chi connectivity index (χ2v) is 8.97. The fraction of sp³-hybridized carbons (Fsp3) is 0.333. The maximum Gasteiger partial charge on any atom is 0.324 e. The molecular formula is C21H27N3O5S. The molecule has 0 bridgehead atoms. The van der Waals surface area contributed by atoms with Crippen molar-refractivity contribution in [1.82, 2.24) is 4.72 Å². The minimum atomic E-state index is -3.90. The van der Waals surface area contributed by atoms with Crippen molar-refractivity contribution in [1.29, 1.82) is 0 Å². The van der Waals surface area contributed by atoms with Gasteiger partial charge in [0.05, 0.1) is 4.90 Å². The average Bonchev–Trinajstić information content (AvgIpc) is 2.71. The third-order valence-electron chi connectivity index (χ3n) is 4.27. The number of hydrogen-bond acceptors (Lipinski definition) is 6. The fourth-order valence-corrected chi connectivity index (χ4v) is 3.91. The van der Waals surface area contributed by atoms with Gasteiger partial charge in [0.2, 0.25) is 10.0 Å². The van der Waals surface area contributed by atoms with E-state index in [-0.39, 0.29) is 10.8 Å². The van der Waals surface area contributed by atoms with Gasteiger partial charge < -0.3 is 15.0 Å². The lowest BCUT2D eigenvalue weighted by Crippen LogP contribution is -2.45. The lowest BCUT2D eigenvalue weighted by molar-refractivity contribution is -0.150. The van der Waals surface area contributed by atoms with Gasteiger partial charge in [-0.2, -0.15) is 4.72 Å². The van der Waals surface area contributed by atoms with Crippen LogP contribution in [0.5, 0.6) is 0 Å². The summed E-state index contributed by atoms with van der Waals surface area (Å²) < 4.78 is 32.4. The molecule has 0 saturated heterocycles. The number of nitrogens with zero attached hydrogens (tertiary/aromatic N) is 1. The Hall–Kier alpha value is -2.91. The van der Waals surface area contributed by atoms with E-state index in [1.807, 2.05) is 31.1 Å². The SMILES string of the molecule is CC(C)[C@@H](NS(=O)(=O)c1ccccc1)C(=O)OCC(=O)Nc1ccc(N(C)C)cc1. The number of anilines is 2. The van der Waals surface area contributed by atoms with Gasteiger partial charge >= 0.3 is 5.97 Å². The maximum atomic E-state index is 12.5. The Bertz CT molecular complexity index is 958. The van der Waals surface area contributed by atoms with Crippen LogP contribution in [-0.2, 0) is 24.3 Å². The summed E-state index contributed by atoms with van der Waals surface area (Å²) in [5, 5.41) is 2.63. The largest absolute Gasteiger partial charge is 0.454 e. The highest BCUT2D eigenvalue weighted by Gasteiger charge is 2.30. The highest BCUT2D eigenvalue weighted by atomic mass is 32.2. The van der Waals surface area contributed by atoms with E-state index < -0.39 is 34.5 Å². The van der Waals surface area contributed by atoms with Gasteiger partial charge in [-0.15, -0.1) is 0 Å². The van der Waals surface area contributed by atoms with Crippen LogP contribution in [0.1, 0.15) is 13.8 Å². The zero-order valence-corrected chi connectivity index (χ0v) is 18.3. The highest BCUT2D eigenvalue weighted by Crippen LogP contribution is 2.16. The Morgan fingerprint density at radius 2 is 1.60 bits per heavy atom. The molecule has 8 nitrogen and oxygen atoms in total. The Balaban J connectivity index is 1.95. The van der Waals surface area contributed by atoms with E-state index in [0.717, 1.165) is 5.69 Å². The van der Waals surface area contributed by atoms with Crippen LogP contribution in [0.15, 0.2) is 59.5 Å². The van der Waals surface area contributed by atoms with E-state index in [1.54, 1.807) is 44.2 Å². The lowest BCUT2D eigenvalue weighted by atomic mass is 10.1. The summed E-state index contributed by atoms with van der Waals surface area (Å²) in [5.74, 6) is -1.71. The Morgan fingerprint density at radius 1 is 1.00 bits per heavy atom. The summed E-state index contributed by atoms with van der Waals surface area (Å²) in [6.07, 6.45) is 0. The third-order valence-corrected chi connectivity index (χ3v) is 5.73. The number of esters is 1. The quantitative estimate of drug-likeness (QED) is 0.588. The van der Waals surface area contributed by atoms with Gasteiger partial charge in [-0.05, 0) is 42.3 Å². The minimum absolute atomic E-state index is 0.0439. The van der Waals surface area contributed by atoms with Crippen molar-refractivity contribution < 1.29 is 22.7 Å². The van der Waals surface area contributed by atoms with Crippen LogP contribution in [0, 0.1) is 5.92 Å². The normalized spacial score (nSPS) is 12.3. The number of carbonyl (C=O) groups excluding carboxylic acids is 2. The standard InChI is InChI=1S/C21H27N3O5S/c1-15(2)20(23-30(27,28)18-8-6-5-7-9-18)21(26)29-14-19(25)22-16-10-12-17(13-11-16)24(3)4/h5-13,15,20,23H,14H2,1-4H3,(H,22,25)/t20-/m1/s1. The van der Waals surface area contributed by atoms with Gasteiger partial charge in [-0.25, -0.2) is 8.42 Å². The Morgan fingerprint density at radius 3 is 2.13 bits per heavy atom. The second kappa shape index (κ2) is 10.2. The molecule has 2 aromatic rings. The summed E-state index contributed by atoms with van der Waals surface area (Å²) in [6, 6.07) is 13.8. The zero-order valence-electron chi connectivity index (χ0n) is 17.5. The second-order valence-electron chi connectivity index (χ2n) is 7.25. The number of amides is 1. The number of ether oxygens (including phenoxy) is 1. The van der Waals surface area contributed by atoms with Crippen LogP contribution < -0.4 is 14.9 Å². The molecule has 0 aromatic heterocycles. The van der Waals surface area contributed by atoms with Gasteiger partial charge in [-0.3, -0.25) is 9.59 Å². The van der Waals surface area contributed by atoms with Crippen LogP contribution >= 0.6 is 0 Å². The first-order valence-electron chi connectivity index (χ1n) is 9.41. The number of rotatable bonds is 9. The fourth-order valence-electron chi connectivity index (χ4n) is 2.56. The van der Waals surface area contributed by atoms with Gasteiger partial charge in [0, 0.05) is 25.5 Å². The molecule has 2 N–H and O–H groups in total. The predicted octanol–water partition coefficient (Wildman–Crippen LogP) is 2.24. The van der Waals surface area contributed by atoms with Crippen molar-refractivity contribution in [3.8, 4) is 0 Å². The van der Waals surface area contributed by atoms with E-state index in [2.05, 4.69) is 10.0 Å². The molecule has 0 unspecified atom stereocenters. The van der Waals surface area contributed by atoms with E-state index in [0.29, 0.717) is 5.69 Å². The molecule has 0 saturated carbocycles. The van der Waals surface area contributed by atoms with Crippen molar-refractivity contribution in [2.24, 2.45) is 5.92 Å².